The van der Waals surface area contributed by atoms with Crippen molar-refractivity contribution in [1.82, 2.24) is 15.5 Å². The zero-order chi connectivity index (χ0) is 24.6. The third kappa shape index (κ3) is 5.36. The normalized spacial score (nSPS) is 29.2. The quantitative estimate of drug-likeness (QED) is 0.520. The van der Waals surface area contributed by atoms with Crippen LogP contribution in [-0.4, -0.2) is 59.0 Å². The third-order valence-corrected chi connectivity index (χ3v) is 6.77. The van der Waals surface area contributed by atoms with E-state index in [2.05, 4.69) is 31.4 Å². The summed E-state index contributed by atoms with van der Waals surface area (Å²) in [4.78, 5) is 41.8. The molecule has 0 saturated carbocycles. The minimum absolute atomic E-state index is 0.0144. The second-order valence-electron chi connectivity index (χ2n) is 11.8. The Hall–Kier alpha value is -1.89. The van der Waals surface area contributed by atoms with Gasteiger partial charge in [0.2, 0.25) is 17.7 Å². The lowest BCUT2D eigenvalue weighted by atomic mass is 9.70. The van der Waals surface area contributed by atoms with Crippen molar-refractivity contribution in [3.8, 4) is 0 Å². The predicted molar refractivity (Wildman–Crippen MR) is 125 cm³/mol. The fourth-order valence-corrected chi connectivity index (χ4v) is 5.86. The summed E-state index contributed by atoms with van der Waals surface area (Å²) in [6.45, 7) is 15.9. The van der Waals surface area contributed by atoms with Crippen molar-refractivity contribution in [2.45, 2.75) is 79.4 Å². The molecule has 0 bridgehead atoms. The summed E-state index contributed by atoms with van der Waals surface area (Å²) in [5.41, 5.74) is -0.457. The maximum Gasteiger partial charge on any atom is 0.243 e. The number of carbonyl (C=O) groups is 3. The van der Waals surface area contributed by atoms with E-state index in [0.29, 0.717) is 0 Å². The lowest BCUT2D eigenvalue weighted by Crippen LogP contribution is -2.57. The average Bonchev–Trinajstić information content (AvgIpc) is 2.92. The molecule has 0 radical (unpaired) electrons. The Labute approximate surface area is 193 Å². The molecule has 182 valence electrons. The number of carbonyl (C=O) groups excluding carboxylic acids is 3. The number of nitrogens with zero attached hydrogens (tertiary/aromatic N) is 1. The Morgan fingerprint density at radius 3 is 2.19 bits per heavy atom. The number of rotatable bonds is 7. The molecule has 1 aliphatic heterocycles. The Bertz CT molecular complexity index is 753. The van der Waals surface area contributed by atoms with E-state index in [0.717, 1.165) is 6.42 Å². The molecule has 0 unspecified atom stereocenters. The fourth-order valence-electron chi connectivity index (χ4n) is 5.86. The smallest absolute Gasteiger partial charge is 0.243 e. The van der Waals surface area contributed by atoms with Crippen molar-refractivity contribution in [3.05, 3.63) is 12.2 Å². The number of hydrogen-bond donors (Lipinski definition) is 3. The standard InChI is InChI=1S/C25H43N3O4/c1-14(2)17(12-29)28-20(22(31)27-25(7,8)13-24(4,5)6)16-11-10-15(3)18(21(30)26-9)19(16)23(28)32/h10-11,14-20,29H,12-13H2,1-9H3,(H,26,30)(H,27,31)/t15-,16+,17+,18-,19+,20+/m1/s1. The summed E-state index contributed by atoms with van der Waals surface area (Å²) in [6, 6.07) is -1.26. The summed E-state index contributed by atoms with van der Waals surface area (Å²) < 4.78 is 0. The SMILES string of the molecule is CNC(=O)[C@H]1[C@H]2C(=O)N([C@@H](CO)C(C)C)[C@H](C(=O)NC(C)(C)CC(C)(C)C)[C@H]2C=C[C@H]1C. The van der Waals surface area contributed by atoms with Gasteiger partial charge in [-0.15, -0.1) is 0 Å². The van der Waals surface area contributed by atoms with E-state index >= 15 is 0 Å². The average molecular weight is 450 g/mol. The molecule has 0 spiro atoms. The van der Waals surface area contributed by atoms with E-state index in [4.69, 9.17) is 0 Å². The van der Waals surface area contributed by atoms with Crippen LogP contribution >= 0.6 is 0 Å². The van der Waals surface area contributed by atoms with Crippen LogP contribution in [0.3, 0.4) is 0 Å². The second kappa shape index (κ2) is 9.54. The highest BCUT2D eigenvalue weighted by molar-refractivity contribution is 5.97. The zero-order valence-corrected chi connectivity index (χ0v) is 21.2. The van der Waals surface area contributed by atoms with Gasteiger partial charge in [0.15, 0.2) is 0 Å². The van der Waals surface area contributed by atoms with Gasteiger partial charge in [0.1, 0.15) is 6.04 Å². The first-order valence-corrected chi connectivity index (χ1v) is 11.8. The first-order chi connectivity index (χ1) is 14.6. The molecular weight excluding hydrogens is 406 g/mol. The maximum atomic E-state index is 13.8. The van der Waals surface area contributed by atoms with Crippen LogP contribution in [0.1, 0.15) is 61.8 Å². The molecule has 0 aromatic rings. The highest BCUT2D eigenvalue weighted by Gasteiger charge is 2.58. The largest absolute Gasteiger partial charge is 0.394 e. The van der Waals surface area contributed by atoms with E-state index in [9.17, 15) is 19.5 Å². The number of likely N-dealkylation sites (tertiary alicyclic amines) is 1. The number of hydrogen-bond acceptors (Lipinski definition) is 4. The van der Waals surface area contributed by atoms with Gasteiger partial charge in [0.25, 0.3) is 0 Å². The number of aliphatic hydroxyl groups excluding tert-OH is 1. The minimum atomic E-state index is -0.762. The molecule has 3 amide bonds. The van der Waals surface area contributed by atoms with Gasteiger partial charge in [0, 0.05) is 18.5 Å². The van der Waals surface area contributed by atoms with E-state index < -0.39 is 35.4 Å². The van der Waals surface area contributed by atoms with Crippen LogP contribution in [0.5, 0.6) is 0 Å². The van der Waals surface area contributed by atoms with Crippen molar-refractivity contribution in [1.29, 1.82) is 0 Å². The van der Waals surface area contributed by atoms with Crippen molar-refractivity contribution in [2.75, 3.05) is 13.7 Å². The first kappa shape index (κ1) is 26.4. The monoisotopic (exact) mass is 449 g/mol. The Kier molecular flexibility index (Phi) is 7.86. The molecule has 7 heteroatoms. The van der Waals surface area contributed by atoms with Crippen molar-refractivity contribution in [3.63, 3.8) is 0 Å². The highest BCUT2D eigenvalue weighted by atomic mass is 16.3. The zero-order valence-electron chi connectivity index (χ0n) is 21.2. The number of nitrogens with one attached hydrogen (secondary N) is 2. The van der Waals surface area contributed by atoms with Crippen LogP contribution in [0.4, 0.5) is 0 Å². The van der Waals surface area contributed by atoms with Crippen LogP contribution in [0.15, 0.2) is 12.2 Å². The molecule has 1 saturated heterocycles. The topological polar surface area (TPSA) is 98.7 Å². The molecular formula is C25H43N3O4. The maximum absolute atomic E-state index is 13.8. The molecule has 3 N–H and O–H groups in total. The lowest BCUT2D eigenvalue weighted by Gasteiger charge is -2.39. The van der Waals surface area contributed by atoms with Gasteiger partial charge < -0.3 is 20.6 Å². The van der Waals surface area contributed by atoms with Crippen molar-refractivity contribution < 1.29 is 19.5 Å². The van der Waals surface area contributed by atoms with Crippen molar-refractivity contribution >= 4 is 17.7 Å². The Morgan fingerprint density at radius 2 is 1.72 bits per heavy atom. The highest BCUT2D eigenvalue weighted by Crippen LogP contribution is 2.45. The minimum Gasteiger partial charge on any atom is -0.394 e. The summed E-state index contributed by atoms with van der Waals surface area (Å²) in [7, 11) is 1.57. The van der Waals surface area contributed by atoms with Gasteiger partial charge in [0.05, 0.1) is 24.5 Å². The van der Waals surface area contributed by atoms with Crippen LogP contribution < -0.4 is 10.6 Å². The van der Waals surface area contributed by atoms with Crippen LogP contribution in [0, 0.1) is 35.0 Å². The molecule has 32 heavy (non-hydrogen) atoms. The van der Waals surface area contributed by atoms with Crippen molar-refractivity contribution in [2.24, 2.45) is 35.0 Å². The molecule has 0 aromatic heterocycles. The summed E-state index contributed by atoms with van der Waals surface area (Å²) in [6.07, 6.45) is 4.64. The number of amides is 3. The molecule has 1 aliphatic carbocycles. The van der Waals surface area contributed by atoms with Crippen LogP contribution in [0.25, 0.3) is 0 Å². The Balaban J connectivity index is 2.51. The van der Waals surface area contributed by atoms with Gasteiger partial charge in [-0.05, 0) is 37.5 Å². The molecule has 1 fully saturated rings. The summed E-state index contributed by atoms with van der Waals surface area (Å²) >= 11 is 0. The molecule has 0 aromatic carbocycles. The number of allylic oxidation sites excluding steroid dienone is 1. The molecule has 1 heterocycles. The fraction of sp³-hybridized carbons (Fsp3) is 0.800. The van der Waals surface area contributed by atoms with E-state index in [-0.39, 0.29) is 41.6 Å². The molecule has 6 atom stereocenters. The van der Waals surface area contributed by atoms with Gasteiger partial charge >= 0.3 is 0 Å². The Morgan fingerprint density at radius 1 is 1.12 bits per heavy atom. The number of fused-ring (bicyclic) bond motifs is 1. The van der Waals surface area contributed by atoms with Gasteiger partial charge in [-0.1, -0.05) is 53.7 Å². The van der Waals surface area contributed by atoms with Gasteiger partial charge in [-0.2, -0.15) is 0 Å². The van der Waals surface area contributed by atoms with E-state index in [1.54, 1.807) is 11.9 Å². The van der Waals surface area contributed by atoms with Crippen LogP contribution in [0.2, 0.25) is 0 Å². The van der Waals surface area contributed by atoms with Gasteiger partial charge in [-0.3, -0.25) is 14.4 Å². The van der Waals surface area contributed by atoms with E-state index in [1.165, 1.54) is 0 Å². The molecule has 2 rings (SSSR count). The second-order valence-corrected chi connectivity index (χ2v) is 11.8. The number of aliphatic hydroxyl groups is 1. The first-order valence-electron chi connectivity index (χ1n) is 11.8. The predicted octanol–water partition coefficient (Wildman–Crippen LogP) is 2.35. The van der Waals surface area contributed by atoms with Crippen LogP contribution in [-0.2, 0) is 14.4 Å². The lowest BCUT2D eigenvalue weighted by molar-refractivity contribution is -0.144. The molecule has 2 aliphatic rings. The summed E-state index contributed by atoms with van der Waals surface area (Å²) in [5, 5.41) is 16.0. The third-order valence-electron chi connectivity index (χ3n) is 6.77. The van der Waals surface area contributed by atoms with E-state index in [1.807, 2.05) is 46.8 Å². The summed E-state index contributed by atoms with van der Waals surface area (Å²) in [5.74, 6) is -2.38. The van der Waals surface area contributed by atoms with Gasteiger partial charge in [-0.25, -0.2) is 0 Å². The molecule has 7 nitrogen and oxygen atoms in total.